The van der Waals surface area contributed by atoms with Gasteiger partial charge in [0.25, 0.3) is 5.91 Å². The SMILES string of the molecule is CNC(=O)c1c2cc(C3CC3)c(N(CC[C@H]3CO[C@@H]3C)S(C)(=O)=O)cc2nn1-c1ccc(Cl)cc1. The lowest BCUT2D eigenvalue weighted by Crippen LogP contribution is -2.41. The van der Waals surface area contributed by atoms with Gasteiger partial charge in [0, 0.05) is 29.9 Å². The number of aromatic nitrogens is 2. The van der Waals surface area contributed by atoms with Crippen LogP contribution in [-0.4, -0.2) is 56.7 Å². The normalized spacial score (nSPS) is 20.0. The van der Waals surface area contributed by atoms with Gasteiger partial charge in [-0.1, -0.05) is 11.6 Å². The molecule has 0 unspecified atom stereocenters. The van der Waals surface area contributed by atoms with Crippen LogP contribution in [0.25, 0.3) is 16.6 Å². The van der Waals surface area contributed by atoms with Crippen LogP contribution in [0.5, 0.6) is 0 Å². The third-order valence-electron chi connectivity index (χ3n) is 6.96. The molecule has 0 bridgehead atoms. The lowest BCUT2D eigenvalue weighted by atomic mass is 9.95. The number of carbonyl (C=O) groups excluding carboxylic acids is 1. The van der Waals surface area contributed by atoms with Crippen molar-refractivity contribution in [1.29, 1.82) is 0 Å². The van der Waals surface area contributed by atoms with Gasteiger partial charge in [0.15, 0.2) is 0 Å². The van der Waals surface area contributed by atoms with E-state index in [1.807, 2.05) is 19.1 Å². The molecule has 5 rings (SSSR count). The first-order valence-electron chi connectivity index (χ1n) is 11.8. The summed E-state index contributed by atoms with van der Waals surface area (Å²) in [5.74, 6) is 0.341. The van der Waals surface area contributed by atoms with Gasteiger partial charge in [-0.25, -0.2) is 13.1 Å². The Balaban J connectivity index is 1.66. The minimum absolute atomic E-state index is 0.145. The number of hydrogen-bond acceptors (Lipinski definition) is 5. The first-order valence-corrected chi connectivity index (χ1v) is 14.0. The molecule has 0 spiro atoms. The second kappa shape index (κ2) is 9.11. The van der Waals surface area contributed by atoms with Crippen molar-refractivity contribution in [2.45, 2.75) is 38.2 Å². The Hall–Kier alpha value is -2.62. The summed E-state index contributed by atoms with van der Waals surface area (Å²) in [6, 6.07) is 10.9. The average Bonchev–Trinajstić information content (AvgIpc) is 3.59. The van der Waals surface area contributed by atoms with E-state index < -0.39 is 10.0 Å². The molecule has 1 aromatic heterocycles. The Morgan fingerprint density at radius 1 is 1.26 bits per heavy atom. The summed E-state index contributed by atoms with van der Waals surface area (Å²) >= 11 is 6.06. The lowest BCUT2D eigenvalue weighted by molar-refractivity contribution is -0.104. The molecule has 2 fully saturated rings. The molecule has 1 N–H and O–H groups in total. The van der Waals surface area contributed by atoms with Crippen molar-refractivity contribution in [2.24, 2.45) is 5.92 Å². The summed E-state index contributed by atoms with van der Waals surface area (Å²) in [5.41, 5.74) is 3.26. The van der Waals surface area contributed by atoms with Gasteiger partial charge in [-0.05, 0) is 74.1 Å². The van der Waals surface area contributed by atoms with Crippen molar-refractivity contribution < 1.29 is 17.9 Å². The number of benzene rings is 2. The third kappa shape index (κ3) is 4.64. The Morgan fingerprint density at radius 2 is 1.97 bits per heavy atom. The third-order valence-corrected chi connectivity index (χ3v) is 8.39. The van der Waals surface area contributed by atoms with E-state index in [2.05, 4.69) is 5.32 Å². The number of hydrogen-bond donors (Lipinski definition) is 1. The smallest absolute Gasteiger partial charge is 0.270 e. The highest BCUT2D eigenvalue weighted by atomic mass is 35.5. The second-order valence-corrected chi connectivity index (χ2v) is 11.8. The van der Waals surface area contributed by atoms with Crippen molar-refractivity contribution in [3.05, 3.63) is 52.7 Å². The van der Waals surface area contributed by atoms with Crippen LogP contribution in [0.3, 0.4) is 0 Å². The van der Waals surface area contributed by atoms with Crippen molar-refractivity contribution in [1.82, 2.24) is 15.1 Å². The van der Waals surface area contributed by atoms with Crippen LogP contribution in [0, 0.1) is 5.92 Å². The predicted molar refractivity (Wildman–Crippen MR) is 137 cm³/mol. The first kappa shape index (κ1) is 24.1. The molecule has 1 aliphatic carbocycles. The minimum Gasteiger partial charge on any atom is -0.378 e. The fourth-order valence-corrected chi connectivity index (χ4v) is 5.75. The number of halogens is 1. The van der Waals surface area contributed by atoms with E-state index in [0.717, 1.165) is 24.8 Å². The summed E-state index contributed by atoms with van der Waals surface area (Å²) in [4.78, 5) is 13.0. The van der Waals surface area contributed by atoms with E-state index in [1.165, 1.54) is 10.6 Å². The van der Waals surface area contributed by atoms with Crippen molar-refractivity contribution >= 4 is 44.1 Å². The number of ether oxygens (including phenoxy) is 1. The highest BCUT2D eigenvalue weighted by Gasteiger charge is 2.34. The number of rotatable bonds is 8. The molecule has 3 aromatic rings. The van der Waals surface area contributed by atoms with Crippen LogP contribution in [0.2, 0.25) is 5.02 Å². The number of amides is 1. The molecule has 35 heavy (non-hydrogen) atoms. The molecule has 1 amide bonds. The number of carbonyl (C=O) groups is 1. The van der Waals surface area contributed by atoms with Crippen LogP contribution >= 0.6 is 11.6 Å². The molecule has 1 saturated carbocycles. The van der Waals surface area contributed by atoms with Gasteiger partial charge in [-0.15, -0.1) is 0 Å². The van der Waals surface area contributed by atoms with Crippen molar-refractivity contribution in [3.8, 4) is 5.69 Å². The van der Waals surface area contributed by atoms with Crippen LogP contribution in [-0.2, 0) is 14.8 Å². The van der Waals surface area contributed by atoms with E-state index in [4.69, 9.17) is 21.4 Å². The molecule has 186 valence electrons. The number of nitrogens with zero attached hydrogens (tertiary/aromatic N) is 3. The zero-order valence-corrected chi connectivity index (χ0v) is 21.6. The van der Waals surface area contributed by atoms with Crippen LogP contribution < -0.4 is 9.62 Å². The maximum absolute atomic E-state index is 13.0. The maximum atomic E-state index is 13.0. The van der Waals surface area contributed by atoms with Gasteiger partial charge in [0.1, 0.15) is 5.69 Å². The maximum Gasteiger partial charge on any atom is 0.270 e. The molecule has 2 aromatic carbocycles. The van der Waals surface area contributed by atoms with Gasteiger partial charge in [0.2, 0.25) is 10.0 Å². The molecule has 10 heteroatoms. The lowest BCUT2D eigenvalue weighted by Gasteiger charge is -2.36. The molecule has 2 heterocycles. The standard InChI is InChI=1S/C25H29ClN4O4S/c1-15-17(14-34-15)10-11-29(35(3,32)33)23-13-22-21(12-20(23)16-4-5-16)24(25(31)27-2)30(28-22)19-8-6-18(26)7-9-19/h6-9,12-13,15-17H,4-5,10-11,14H2,1-3H3,(H,27,31)/t15-,17+/m1/s1. The van der Waals surface area contributed by atoms with Crippen LogP contribution in [0.15, 0.2) is 36.4 Å². The number of sulfonamides is 1. The van der Waals surface area contributed by atoms with Crippen LogP contribution in [0.1, 0.15) is 48.2 Å². The Bertz CT molecular complexity index is 1380. The fraction of sp³-hybridized carbons (Fsp3) is 0.440. The Labute approximate surface area is 210 Å². The summed E-state index contributed by atoms with van der Waals surface area (Å²) in [7, 11) is -1.95. The quantitative estimate of drug-likeness (QED) is 0.486. The van der Waals surface area contributed by atoms with E-state index in [9.17, 15) is 13.2 Å². The summed E-state index contributed by atoms with van der Waals surface area (Å²) in [5, 5.41) is 8.72. The highest BCUT2D eigenvalue weighted by molar-refractivity contribution is 7.92. The molecule has 8 nitrogen and oxygen atoms in total. The van der Waals surface area contributed by atoms with Gasteiger partial charge < -0.3 is 10.1 Å². The topological polar surface area (TPSA) is 93.5 Å². The molecular weight excluding hydrogens is 488 g/mol. The summed E-state index contributed by atoms with van der Waals surface area (Å²) in [6.07, 6.45) is 4.09. The summed E-state index contributed by atoms with van der Waals surface area (Å²) < 4.78 is 34.4. The molecule has 2 aliphatic rings. The first-order chi connectivity index (χ1) is 16.7. The second-order valence-electron chi connectivity index (χ2n) is 9.44. The van der Waals surface area contributed by atoms with E-state index in [-0.39, 0.29) is 17.9 Å². The van der Waals surface area contributed by atoms with Crippen molar-refractivity contribution in [2.75, 3.05) is 30.8 Å². The van der Waals surface area contributed by atoms with E-state index in [0.29, 0.717) is 52.1 Å². The van der Waals surface area contributed by atoms with Gasteiger partial charge >= 0.3 is 0 Å². The minimum atomic E-state index is -3.53. The molecule has 2 atom stereocenters. The number of anilines is 1. The monoisotopic (exact) mass is 516 g/mol. The van der Waals surface area contributed by atoms with Gasteiger partial charge in [-0.2, -0.15) is 5.10 Å². The van der Waals surface area contributed by atoms with E-state index >= 15 is 0 Å². The van der Waals surface area contributed by atoms with Gasteiger partial charge in [-0.3, -0.25) is 9.10 Å². The predicted octanol–water partition coefficient (Wildman–Crippen LogP) is 4.11. The number of fused-ring (bicyclic) bond motifs is 1. The summed E-state index contributed by atoms with van der Waals surface area (Å²) in [6.45, 7) is 3.06. The van der Waals surface area contributed by atoms with Crippen molar-refractivity contribution in [3.63, 3.8) is 0 Å². The molecule has 1 saturated heterocycles. The highest BCUT2D eigenvalue weighted by Crippen LogP contribution is 2.47. The Kier molecular flexibility index (Phi) is 6.27. The molecule has 0 radical (unpaired) electrons. The zero-order chi connectivity index (χ0) is 24.9. The largest absolute Gasteiger partial charge is 0.378 e. The molecular formula is C25H29ClN4O4S. The van der Waals surface area contributed by atoms with Gasteiger partial charge in [0.05, 0.1) is 35.9 Å². The average molecular weight is 517 g/mol. The fourth-order valence-electron chi connectivity index (χ4n) is 4.67. The Morgan fingerprint density at radius 3 is 2.51 bits per heavy atom. The van der Waals surface area contributed by atoms with Crippen LogP contribution in [0.4, 0.5) is 5.69 Å². The van der Waals surface area contributed by atoms with E-state index in [1.54, 1.807) is 36.0 Å². The number of nitrogens with one attached hydrogen (secondary N) is 1. The zero-order valence-electron chi connectivity index (χ0n) is 20.0. The molecule has 1 aliphatic heterocycles.